The molecule has 0 aliphatic rings. The fraction of sp³-hybridized carbons (Fsp3) is 0.692. The van der Waals surface area contributed by atoms with Crippen molar-refractivity contribution in [1.82, 2.24) is 0 Å². The van der Waals surface area contributed by atoms with Crippen molar-refractivity contribution in [3.63, 3.8) is 0 Å². The third kappa shape index (κ3) is 9.79. The molecule has 0 aliphatic carbocycles. The maximum absolute atomic E-state index is 2.66. The van der Waals surface area contributed by atoms with E-state index in [1.807, 2.05) is 0 Å². The van der Waals surface area contributed by atoms with Crippen LogP contribution in [0.4, 0.5) is 0 Å². The number of hydrogen-bond donors (Lipinski definition) is 0. The largest absolute Gasteiger partial charge is 0.0654 e. The van der Waals surface area contributed by atoms with Crippen LogP contribution in [-0.4, -0.2) is 0 Å². The van der Waals surface area contributed by atoms with Crippen LogP contribution in [0.15, 0.2) is 24.3 Å². The Morgan fingerprint density at radius 1 is 0.410 bits per heavy atom. The van der Waals surface area contributed by atoms with Gasteiger partial charge in [-0.2, -0.15) is 0 Å². The lowest BCUT2D eigenvalue weighted by Gasteiger charge is -2.34. The van der Waals surface area contributed by atoms with E-state index < -0.39 is 0 Å². The Hall–Kier alpha value is -1.56. The minimum atomic E-state index is 0.0124. The molecule has 39 heavy (non-hydrogen) atoms. The Morgan fingerprint density at radius 3 is 1.05 bits per heavy atom. The Kier molecular flexibility index (Phi) is 15.5. The minimum absolute atomic E-state index is 0.0124. The van der Waals surface area contributed by atoms with E-state index in [2.05, 4.69) is 79.7 Å². The van der Waals surface area contributed by atoms with Crippen molar-refractivity contribution in [2.24, 2.45) is 0 Å². The summed E-state index contributed by atoms with van der Waals surface area (Å²) in [5.41, 5.74) is 13.1. The second kappa shape index (κ2) is 18.0. The molecule has 0 aromatic heterocycles. The lowest BCUT2D eigenvalue weighted by molar-refractivity contribution is 0.603. The summed E-state index contributed by atoms with van der Waals surface area (Å²) in [6.45, 7) is 19.2. The first-order chi connectivity index (χ1) is 18.9. The van der Waals surface area contributed by atoms with E-state index in [1.54, 1.807) is 44.5 Å². The molecule has 0 fully saturated rings. The first kappa shape index (κ1) is 33.6. The molecular weight excluding hydrogens is 468 g/mol. The average molecular weight is 533 g/mol. The van der Waals surface area contributed by atoms with Crippen LogP contribution in [0, 0.1) is 0 Å². The van der Waals surface area contributed by atoms with Gasteiger partial charge in [-0.05, 0) is 122 Å². The summed E-state index contributed by atoms with van der Waals surface area (Å²) in [4.78, 5) is 0. The molecule has 220 valence electrons. The standard InChI is InChI=1S/C39H64/c1-9-15-21-31-27-33(23-17-11-3)35(25-19-13-5)37(29-31)39(7,8)38-30-32(22-16-10-2)28-34(24-18-12-4)36(38)26-20-14-6/h27-30H,9-26H2,1-8H3. The first-order valence-corrected chi connectivity index (χ1v) is 17.2. The van der Waals surface area contributed by atoms with Crippen LogP contribution < -0.4 is 0 Å². The highest BCUT2D eigenvalue weighted by Crippen LogP contribution is 2.41. The monoisotopic (exact) mass is 533 g/mol. The topological polar surface area (TPSA) is 0 Å². The molecule has 0 bridgehead atoms. The van der Waals surface area contributed by atoms with Gasteiger partial charge in [0.2, 0.25) is 0 Å². The molecule has 0 spiro atoms. The number of rotatable bonds is 20. The highest BCUT2D eigenvalue weighted by molar-refractivity contribution is 5.53. The number of unbranched alkanes of at least 4 members (excludes halogenated alkanes) is 6. The van der Waals surface area contributed by atoms with E-state index >= 15 is 0 Å². The fourth-order valence-corrected chi connectivity index (χ4v) is 6.39. The van der Waals surface area contributed by atoms with E-state index in [0.717, 1.165) is 0 Å². The summed E-state index contributed by atoms with van der Waals surface area (Å²) in [5.74, 6) is 0. The summed E-state index contributed by atoms with van der Waals surface area (Å²) >= 11 is 0. The summed E-state index contributed by atoms with van der Waals surface area (Å²) in [5, 5.41) is 0. The zero-order chi connectivity index (χ0) is 28.7. The molecule has 0 heterocycles. The van der Waals surface area contributed by atoms with Gasteiger partial charge in [0.15, 0.2) is 0 Å². The van der Waals surface area contributed by atoms with Gasteiger partial charge in [-0.25, -0.2) is 0 Å². The fourth-order valence-electron chi connectivity index (χ4n) is 6.39. The molecule has 0 saturated heterocycles. The zero-order valence-corrected chi connectivity index (χ0v) is 27.5. The van der Waals surface area contributed by atoms with Crippen LogP contribution in [0.5, 0.6) is 0 Å². The normalized spacial score (nSPS) is 11.9. The van der Waals surface area contributed by atoms with E-state index in [-0.39, 0.29) is 5.41 Å². The van der Waals surface area contributed by atoms with Gasteiger partial charge in [0.05, 0.1) is 0 Å². The van der Waals surface area contributed by atoms with Crippen molar-refractivity contribution < 1.29 is 0 Å². The van der Waals surface area contributed by atoms with Gasteiger partial charge in [-0.1, -0.05) is 118 Å². The molecule has 2 rings (SSSR count). The minimum Gasteiger partial charge on any atom is -0.0654 e. The maximum Gasteiger partial charge on any atom is 0.0152 e. The van der Waals surface area contributed by atoms with Crippen LogP contribution in [0.25, 0.3) is 0 Å². The molecule has 0 heteroatoms. The van der Waals surface area contributed by atoms with Crippen LogP contribution in [0.2, 0.25) is 0 Å². The van der Waals surface area contributed by atoms with Crippen molar-refractivity contribution in [2.45, 2.75) is 176 Å². The molecule has 0 N–H and O–H groups in total. The van der Waals surface area contributed by atoms with Crippen molar-refractivity contribution in [3.8, 4) is 0 Å². The quantitative estimate of drug-likeness (QED) is 0.159. The number of hydrogen-bond acceptors (Lipinski definition) is 0. The van der Waals surface area contributed by atoms with Crippen molar-refractivity contribution in [1.29, 1.82) is 0 Å². The number of benzene rings is 2. The Balaban J connectivity index is 2.84. The molecule has 0 unspecified atom stereocenters. The van der Waals surface area contributed by atoms with Crippen LogP contribution >= 0.6 is 0 Å². The van der Waals surface area contributed by atoms with Gasteiger partial charge in [-0.15, -0.1) is 0 Å². The zero-order valence-electron chi connectivity index (χ0n) is 27.5. The Labute approximate surface area is 244 Å². The van der Waals surface area contributed by atoms with Gasteiger partial charge in [-0.3, -0.25) is 0 Å². The lowest BCUT2D eigenvalue weighted by atomic mass is 9.70. The molecule has 0 aliphatic heterocycles. The van der Waals surface area contributed by atoms with E-state index in [9.17, 15) is 0 Å². The van der Waals surface area contributed by atoms with E-state index in [1.165, 1.54) is 116 Å². The summed E-state index contributed by atoms with van der Waals surface area (Å²) in [7, 11) is 0. The summed E-state index contributed by atoms with van der Waals surface area (Å²) in [6.07, 6.45) is 22.7. The second-order valence-electron chi connectivity index (χ2n) is 12.8. The van der Waals surface area contributed by atoms with Gasteiger partial charge >= 0.3 is 0 Å². The SMILES string of the molecule is CCCCc1cc(CCCC)c(CCCC)c(C(C)(C)c2cc(CCCC)cc(CCCC)c2CCCC)c1. The summed E-state index contributed by atoms with van der Waals surface area (Å²) < 4.78 is 0. The molecule has 0 saturated carbocycles. The molecule has 0 radical (unpaired) electrons. The van der Waals surface area contributed by atoms with Crippen molar-refractivity contribution in [2.75, 3.05) is 0 Å². The first-order valence-electron chi connectivity index (χ1n) is 17.2. The van der Waals surface area contributed by atoms with E-state index in [4.69, 9.17) is 0 Å². The predicted octanol–water partition coefficient (Wildman–Crippen LogP) is 12.1. The highest BCUT2D eigenvalue weighted by Gasteiger charge is 2.31. The molecular formula is C39H64. The maximum atomic E-state index is 2.66. The third-order valence-corrected chi connectivity index (χ3v) is 8.95. The van der Waals surface area contributed by atoms with Gasteiger partial charge in [0, 0.05) is 5.41 Å². The predicted molar refractivity (Wildman–Crippen MR) is 177 cm³/mol. The smallest absolute Gasteiger partial charge is 0.0152 e. The van der Waals surface area contributed by atoms with Crippen molar-refractivity contribution in [3.05, 3.63) is 68.8 Å². The molecule has 0 atom stereocenters. The lowest BCUT2D eigenvalue weighted by Crippen LogP contribution is -2.25. The van der Waals surface area contributed by atoms with Crippen LogP contribution in [0.1, 0.15) is 177 Å². The highest BCUT2D eigenvalue weighted by atomic mass is 14.3. The van der Waals surface area contributed by atoms with Crippen molar-refractivity contribution >= 4 is 0 Å². The van der Waals surface area contributed by atoms with Crippen LogP contribution in [-0.2, 0) is 43.9 Å². The van der Waals surface area contributed by atoms with E-state index in [0.29, 0.717) is 0 Å². The molecule has 2 aromatic carbocycles. The van der Waals surface area contributed by atoms with Gasteiger partial charge in [0.25, 0.3) is 0 Å². The molecule has 0 nitrogen and oxygen atoms in total. The van der Waals surface area contributed by atoms with Gasteiger partial charge in [0.1, 0.15) is 0 Å². The van der Waals surface area contributed by atoms with Gasteiger partial charge < -0.3 is 0 Å². The Morgan fingerprint density at radius 2 is 0.718 bits per heavy atom. The third-order valence-electron chi connectivity index (χ3n) is 8.95. The molecule has 2 aromatic rings. The second-order valence-corrected chi connectivity index (χ2v) is 12.8. The van der Waals surface area contributed by atoms with Crippen LogP contribution in [0.3, 0.4) is 0 Å². The molecule has 0 amide bonds. The Bertz CT molecular complexity index is 883. The average Bonchev–Trinajstić information content (AvgIpc) is 2.94. The number of aryl methyl sites for hydroxylation is 4. The summed E-state index contributed by atoms with van der Waals surface area (Å²) in [6, 6.07) is 10.5.